The van der Waals surface area contributed by atoms with Crippen LogP contribution < -0.4 is 0 Å². The summed E-state index contributed by atoms with van der Waals surface area (Å²) in [5, 5.41) is 2.05. The number of thiophene rings is 1. The van der Waals surface area contributed by atoms with Gasteiger partial charge < -0.3 is 4.90 Å². The largest absolute Gasteiger partial charge is 0.330 e. The molecule has 1 saturated carbocycles. The van der Waals surface area contributed by atoms with E-state index in [-0.39, 0.29) is 5.91 Å². The third-order valence-corrected chi connectivity index (χ3v) is 4.40. The van der Waals surface area contributed by atoms with Gasteiger partial charge in [0, 0.05) is 27.8 Å². The van der Waals surface area contributed by atoms with Crippen LogP contribution in [-0.2, 0) is 6.54 Å². The van der Waals surface area contributed by atoms with Gasteiger partial charge >= 0.3 is 0 Å². The van der Waals surface area contributed by atoms with Crippen molar-refractivity contribution in [2.24, 2.45) is 0 Å². The molecule has 0 bridgehead atoms. The monoisotopic (exact) mass is 336 g/mol. The molecule has 19 heavy (non-hydrogen) atoms. The van der Waals surface area contributed by atoms with Crippen molar-refractivity contribution < 1.29 is 4.79 Å². The number of amides is 1. The number of carbonyl (C=O) groups excluding carboxylic acids is 1. The molecule has 98 valence electrons. The van der Waals surface area contributed by atoms with E-state index in [1.54, 1.807) is 23.7 Å². The molecule has 3 nitrogen and oxygen atoms in total. The number of hydrogen-bond acceptors (Lipinski definition) is 3. The fourth-order valence-corrected chi connectivity index (χ4v) is 3.09. The van der Waals surface area contributed by atoms with E-state index in [2.05, 4.69) is 27.0 Å². The van der Waals surface area contributed by atoms with Crippen molar-refractivity contribution in [3.63, 3.8) is 0 Å². The van der Waals surface area contributed by atoms with Crippen LogP contribution in [0.4, 0.5) is 0 Å². The Balaban J connectivity index is 1.82. The van der Waals surface area contributed by atoms with Crippen molar-refractivity contribution in [3.05, 3.63) is 50.9 Å². The molecule has 0 atom stereocenters. The maximum absolute atomic E-state index is 12.6. The summed E-state index contributed by atoms with van der Waals surface area (Å²) in [7, 11) is 0. The molecule has 3 rings (SSSR count). The molecule has 1 fully saturated rings. The maximum atomic E-state index is 12.6. The lowest BCUT2D eigenvalue weighted by atomic mass is 10.2. The van der Waals surface area contributed by atoms with E-state index in [0.29, 0.717) is 18.2 Å². The van der Waals surface area contributed by atoms with Gasteiger partial charge in [0.2, 0.25) is 0 Å². The van der Waals surface area contributed by atoms with Crippen LogP contribution in [0.3, 0.4) is 0 Å². The summed E-state index contributed by atoms with van der Waals surface area (Å²) in [6.45, 7) is 0.702. The highest BCUT2D eigenvalue weighted by molar-refractivity contribution is 9.10. The fourth-order valence-electron chi connectivity index (χ4n) is 2.02. The average Bonchev–Trinajstić information content (AvgIpc) is 3.12. The molecule has 0 aliphatic heterocycles. The van der Waals surface area contributed by atoms with E-state index in [0.717, 1.165) is 17.3 Å². The van der Waals surface area contributed by atoms with Crippen molar-refractivity contribution in [3.8, 4) is 0 Å². The normalized spacial score (nSPS) is 14.4. The molecule has 2 aromatic rings. The van der Waals surface area contributed by atoms with Crippen LogP contribution in [0.1, 0.15) is 28.1 Å². The summed E-state index contributed by atoms with van der Waals surface area (Å²) >= 11 is 5.06. The second kappa shape index (κ2) is 5.43. The average molecular weight is 337 g/mol. The van der Waals surface area contributed by atoms with Crippen LogP contribution in [0.25, 0.3) is 0 Å². The van der Waals surface area contributed by atoms with Crippen LogP contribution in [0.2, 0.25) is 0 Å². The Kier molecular flexibility index (Phi) is 3.66. The lowest BCUT2D eigenvalue weighted by molar-refractivity contribution is 0.0731. The first kappa shape index (κ1) is 12.8. The standard InChI is InChI=1S/C14H13BrN2OS/c15-11-6-10(7-16-8-11)14(18)17(12-3-4-12)9-13-2-1-5-19-13/h1-2,5-8,12H,3-4,9H2. The van der Waals surface area contributed by atoms with Gasteiger partial charge in [0.1, 0.15) is 0 Å². The number of nitrogens with zero attached hydrogens (tertiary/aromatic N) is 2. The quantitative estimate of drug-likeness (QED) is 0.852. The molecule has 5 heteroatoms. The number of carbonyl (C=O) groups is 1. The molecule has 2 aromatic heterocycles. The van der Waals surface area contributed by atoms with Crippen molar-refractivity contribution in [2.45, 2.75) is 25.4 Å². The molecule has 0 spiro atoms. The summed E-state index contributed by atoms with van der Waals surface area (Å²) in [6.07, 6.45) is 5.55. The molecular formula is C14H13BrN2OS. The number of pyridine rings is 1. The second-order valence-corrected chi connectivity index (χ2v) is 6.58. The lowest BCUT2D eigenvalue weighted by Crippen LogP contribution is -2.32. The van der Waals surface area contributed by atoms with Crippen LogP contribution >= 0.6 is 27.3 Å². The van der Waals surface area contributed by atoms with Gasteiger partial charge in [-0.25, -0.2) is 0 Å². The van der Waals surface area contributed by atoms with Crippen molar-refractivity contribution in [1.82, 2.24) is 9.88 Å². The van der Waals surface area contributed by atoms with Gasteiger partial charge in [0.05, 0.1) is 12.1 Å². The zero-order chi connectivity index (χ0) is 13.2. The summed E-state index contributed by atoms with van der Waals surface area (Å²) < 4.78 is 0.838. The molecule has 1 amide bonds. The fraction of sp³-hybridized carbons (Fsp3) is 0.286. The predicted octanol–water partition coefficient (Wildman–Crippen LogP) is 3.71. The Morgan fingerprint density at radius 3 is 2.95 bits per heavy atom. The number of rotatable bonds is 4. The minimum atomic E-state index is 0.0738. The van der Waals surface area contributed by atoms with Crippen molar-refractivity contribution >= 4 is 33.2 Å². The topological polar surface area (TPSA) is 33.2 Å². The summed E-state index contributed by atoms with van der Waals surface area (Å²) in [4.78, 5) is 19.8. The minimum Gasteiger partial charge on any atom is -0.330 e. The van der Waals surface area contributed by atoms with E-state index < -0.39 is 0 Å². The Hall–Kier alpha value is -1.20. The molecule has 2 heterocycles. The summed E-state index contributed by atoms with van der Waals surface area (Å²) in [5.74, 6) is 0.0738. The highest BCUT2D eigenvalue weighted by Crippen LogP contribution is 2.30. The van der Waals surface area contributed by atoms with Crippen molar-refractivity contribution in [1.29, 1.82) is 0 Å². The molecular weight excluding hydrogens is 324 g/mol. The van der Waals surface area contributed by atoms with Crippen LogP contribution in [0.15, 0.2) is 40.4 Å². The highest BCUT2D eigenvalue weighted by Gasteiger charge is 2.33. The first-order valence-electron chi connectivity index (χ1n) is 6.18. The number of halogens is 1. The van der Waals surface area contributed by atoms with Gasteiger partial charge in [-0.05, 0) is 46.3 Å². The Bertz CT molecular complexity index is 581. The first-order valence-corrected chi connectivity index (χ1v) is 7.85. The Morgan fingerprint density at radius 2 is 2.32 bits per heavy atom. The van der Waals surface area contributed by atoms with E-state index in [4.69, 9.17) is 0 Å². The molecule has 0 saturated heterocycles. The van der Waals surface area contributed by atoms with Gasteiger partial charge in [-0.2, -0.15) is 0 Å². The van der Waals surface area contributed by atoms with Gasteiger partial charge in [0.25, 0.3) is 5.91 Å². The summed E-state index contributed by atoms with van der Waals surface area (Å²) in [6, 6.07) is 6.33. The SMILES string of the molecule is O=C(c1cncc(Br)c1)N(Cc1cccs1)C1CC1. The smallest absolute Gasteiger partial charge is 0.256 e. The Labute approximate surface area is 124 Å². The zero-order valence-electron chi connectivity index (χ0n) is 10.3. The lowest BCUT2D eigenvalue weighted by Gasteiger charge is -2.21. The number of aromatic nitrogens is 1. The van der Waals surface area contributed by atoms with E-state index in [9.17, 15) is 4.79 Å². The minimum absolute atomic E-state index is 0.0738. The summed E-state index contributed by atoms with van der Waals surface area (Å²) in [5.41, 5.74) is 0.651. The van der Waals surface area contributed by atoms with E-state index in [1.165, 1.54) is 4.88 Å². The van der Waals surface area contributed by atoms with Gasteiger partial charge in [-0.1, -0.05) is 6.07 Å². The van der Waals surface area contributed by atoms with Gasteiger partial charge in [0.15, 0.2) is 0 Å². The molecule has 0 aromatic carbocycles. The van der Waals surface area contributed by atoms with E-state index in [1.807, 2.05) is 22.4 Å². The van der Waals surface area contributed by atoms with Crippen LogP contribution in [0, 0.1) is 0 Å². The maximum Gasteiger partial charge on any atom is 0.256 e. The van der Waals surface area contributed by atoms with Gasteiger partial charge in [-0.15, -0.1) is 11.3 Å². The predicted molar refractivity (Wildman–Crippen MR) is 79.2 cm³/mol. The van der Waals surface area contributed by atoms with Crippen molar-refractivity contribution in [2.75, 3.05) is 0 Å². The Morgan fingerprint density at radius 1 is 1.47 bits per heavy atom. The third kappa shape index (κ3) is 3.04. The molecule has 0 unspecified atom stereocenters. The number of hydrogen-bond donors (Lipinski definition) is 0. The zero-order valence-corrected chi connectivity index (χ0v) is 12.7. The molecule has 1 aliphatic rings. The molecule has 0 radical (unpaired) electrons. The van der Waals surface area contributed by atoms with Crippen LogP contribution in [0.5, 0.6) is 0 Å². The first-order chi connectivity index (χ1) is 9.24. The van der Waals surface area contributed by atoms with Gasteiger partial charge in [-0.3, -0.25) is 9.78 Å². The third-order valence-electron chi connectivity index (χ3n) is 3.11. The molecule has 1 aliphatic carbocycles. The highest BCUT2D eigenvalue weighted by atomic mass is 79.9. The van der Waals surface area contributed by atoms with Crippen LogP contribution in [-0.4, -0.2) is 21.8 Å². The second-order valence-electron chi connectivity index (χ2n) is 4.64. The van der Waals surface area contributed by atoms with E-state index >= 15 is 0 Å². The molecule has 0 N–H and O–H groups in total.